The fraction of sp³-hybridized carbons (Fsp3) is 0.167. The summed E-state index contributed by atoms with van der Waals surface area (Å²) in [5.74, 6) is 0.488. The number of hydrogen-bond donors (Lipinski definition) is 0. The Kier molecular flexibility index (Phi) is 2.72. The van der Waals surface area contributed by atoms with Gasteiger partial charge in [-0.2, -0.15) is 0 Å². The number of nitrogens with zero attached hydrogens (tertiary/aromatic N) is 1. The van der Waals surface area contributed by atoms with E-state index in [2.05, 4.69) is 6.58 Å². The number of carbonyl (C=O) groups excluding carboxylic acids is 2. The number of ether oxygens (including phenoxy) is 1. The minimum Gasteiger partial charge on any atom is -0.482 e. The Morgan fingerprint density at radius 3 is 3.00 bits per heavy atom. The molecule has 0 saturated carbocycles. The molecule has 0 radical (unpaired) electrons. The van der Waals surface area contributed by atoms with Crippen LogP contribution in [0.1, 0.15) is 10.4 Å². The van der Waals surface area contributed by atoms with E-state index in [1.165, 1.54) is 0 Å². The number of rotatable bonds is 3. The van der Waals surface area contributed by atoms with Crippen LogP contribution in [-0.4, -0.2) is 25.3 Å². The van der Waals surface area contributed by atoms with Crippen molar-refractivity contribution in [1.82, 2.24) is 0 Å². The molecule has 16 heavy (non-hydrogen) atoms. The fourth-order valence-corrected chi connectivity index (χ4v) is 1.62. The van der Waals surface area contributed by atoms with Crippen molar-refractivity contribution < 1.29 is 14.3 Å². The van der Waals surface area contributed by atoms with Gasteiger partial charge >= 0.3 is 0 Å². The van der Waals surface area contributed by atoms with Crippen LogP contribution in [0.25, 0.3) is 0 Å². The number of fused-ring (bicyclic) bond motifs is 1. The van der Waals surface area contributed by atoms with E-state index in [9.17, 15) is 9.59 Å². The highest BCUT2D eigenvalue weighted by atomic mass is 16.5. The summed E-state index contributed by atoms with van der Waals surface area (Å²) in [7, 11) is 0. The Bertz CT molecular complexity index is 454. The molecule has 0 spiro atoms. The second-order valence-corrected chi connectivity index (χ2v) is 3.43. The molecule has 1 aliphatic heterocycles. The molecule has 1 heterocycles. The zero-order valence-corrected chi connectivity index (χ0v) is 8.68. The Hall–Kier alpha value is -2.10. The topological polar surface area (TPSA) is 46.6 Å². The van der Waals surface area contributed by atoms with Gasteiger partial charge in [0.15, 0.2) is 6.61 Å². The van der Waals surface area contributed by atoms with E-state index >= 15 is 0 Å². The predicted molar refractivity (Wildman–Crippen MR) is 59.9 cm³/mol. The zero-order valence-electron chi connectivity index (χ0n) is 8.68. The van der Waals surface area contributed by atoms with E-state index in [0.29, 0.717) is 23.5 Å². The van der Waals surface area contributed by atoms with Gasteiger partial charge in [-0.1, -0.05) is 6.08 Å². The number of hydrogen-bond acceptors (Lipinski definition) is 3. The van der Waals surface area contributed by atoms with Gasteiger partial charge in [-0.3, -0.25) is 9.59 Å². The quantitative estimate of drug-likeness (QED) is 0.568. The Balaban J connectivity index is 2.47. The van der Waals surface area contributed by atoms with Crippen LogP contribution in [0, 0.1) is 0 Å². The molecule has 4 heteroatoms. The van der Waals surface area contributed by atoms with Gasteiger partial charge in [-0.15, -0.1) is 6.58 Å². The number of benzene rings is 1. The van der Waals surface area contributed by atoms with Gasteiger partial charge in [0.05, 0.1) is 5.69 Å². The third-order valence-corrected chi connectivity index (χ3v) is 2.37. The average Bonchev–Trinajstić information content (AvgIpc) is 2.32. The van der Waals surface area contributed by atoms with Gasteiger partial charge in [-0.25, -0.2) is 0 Å². The van der Waals surface area contributed by atoms with Crippen LogP contribution in [-0.2, 0) is 4.79 Å². The molecular weight excluding hydrogens is 206 g/mol. The van der Waals surface area contributed by atoms with Gasteiger partial charge in [-0.05, 0) is 18.2 Å². The number of aldehydes is 1. The van der Waals surface area contributed by atoms with Crippen molar-refractivity contribution in [1.29, 1.82) is 0 Å². The lowest BCUT2D eigenvalue weighted by Gasteiger charge is -2.28. The largest absolute Gasteiger partial charge is 0.482 e. The Labute approximate surface area is 93.1 Å². The van der Waals surface area contributed by atoms with Gasteiger partial charge in [0.2, 0.25) is 0 Å². The summed E-state index contributed by atoms with van der Waals surface area (Å²) in [4.78, 5) is 23.8. The molecule has 1 aromatic carbocycles. The monoisotopic (exact) mass is 217 g/mol. The van der Waals surface area contributed by atoms with Crippen molar-refractivity contribution >= 4 is 17.9 Å². The zero-order chi connectivity index (χ0) is 11.5. The fourth-order valence-electron chi connectivity index (χ4n) is 1.62. The highest BCUT2D eigenvalue weighted by Gasteiger charge is 2.24. The first-order chi connectivity index (χ1) is 7.76. The number of anilines is 1. The molecule has 0 fully saturated rings. The highest BCUT2D eigenvalue weighted by Crippen LogP contribution is 2.32. The standard InChI is InChI=1S/C12H11NO3/c1-2-5-13-10-6-9(7-14)3-4-11(10)16-8-12(13)15/h2-4,6-7H,1,5,8H2. The van der Waals surface area contributed by atoms with E-state index in [0.717, 1.165) is 6.29 Å². The first kappa shape index (κ1) is 10.4. The van der Waals surface area contributed by atoms with Crippen molar-refractivity contribution in [3.63, 3.8) is 0 Å². The van der Waals surface area contributed by atoms with Gasteiger partial charge in [0.1, 0.15) is 12.0 Å². The van der Waals surface area contributed by atoms with E-state index in [1.54, 1.807) is 29.2 Å². The summed E-state index contributed by atoms with van der Waals surface area (Å²) in [5.41, 5.74) is 1.15. The predicted octanol–water partition coefficient (Wildman–Crippen LogP) is 1.41. The Morgan fingerprint density at radius 2 is 2.31 bits per heavy atom. The van der Waals surface area contributed by atoms with Crippen LogP contribution < -0.4 is 9.64 Å². The molecule has 0 atom stereocenters. The van der Waals surface area contributed by atoms with Gasteiger partial charge in [0, 0.05) is 12.1 Å². The first-order valence-electron chi connectivity index (χ1n) is 4.89. The molecule has 0 bridgehead atoms. The third-order valence-electron chi connectivity index (χ3n) is 2.37. The lowest BCUT2D eigenvalue weighted by atomic mass is 10.1. The van der Waals surface area contributed by atoms with Crippen LogP contribution in [0.5, 0.6) is 5.75 Å². The molecule has 0 aromatic heterocycles. The Morgan fingerprint density at radius 1 is 1.50 bits per heavy atom. The first-order valence-corrected chi connectivity index (χ1v) is 4.89. The van der Waals surface area contributed by atoms with Crippen LogP contribution >= 0.6 is 0 Å². The van der Waals surface area contributed by atoms with Crippen molar-refractivity contribution in [2.75, 3.05) is 18.1 Å². The number of amides is 1. The summed E-state index contributed by atoms with van der Waals surface area (Å²) in [5, 5.41) is 0. The highest BCUT2D eigenvalue weighted by molar-refractivity contribution is 5.99. The van der Waals surface area contributed by atoms with Gasteiger partial charge in [0.25, 0.3) is 5.91 Å². The molecule has 1 amide bonds. The summed E-state index contributed by atoms with van der Waals surface area (Å²) in [6.07, 6.45) is 2.38. The molecule has 4 nitrogen and oxygen atoms in total. The summed E-state index contributed by atoms with van der Waals surface area (Å²) < 4.78 is 5.27. The van der Waals surface area contributed by atoms with Crippen molar-refractivity contribution in [3.8, 4) is 5.75 Å². The third kappa shape index (κ3) is 1.69. The van der Waals surface area contributed by atoms with E-state index < -0.39 is 0 Å². The normalized spacial score (nSPS) is 14.0. The summed E-state index contributed by atoms with van der Waals surface area (Å²) >= 11 is 0. The molecule has 82 valence electrons. The van der Waals surface area contributed by atoms with E-state index in [4.69, 9.17) is 4.74 Å². The molecular formula is C12H11NO3. The van der Waals surface area contributed by atoms with E-state index in [-0.39, 0.29) is 12.5 Å². The maximum Gasteiger partial charge on any atom is 0.265 e. The summed E-state index contributed by atoms with van der Waals surface area (Å²) in [6, 6.07) is 5.00. The lowest BCUT2D eigenvalue weighted by Crippen LogP contribution is -2.38. The molecule has 0 unspecified atom stereocenters. The van der Waals surface area contributed by atoms with Crippen LogP contribution in [0.4, 0.5) is 5.69 Å². The molecule has 0 N–H and O–H groups in total. The molecule has 0 saturated heterocycles. The smallest absolute Gasteiger partial charge is 0.265 e. The lowest BCUT2D eigenvalue weighted by molar-refractivity contribution is -0.121. The second-order valence-electron chi connectivity index (χ2n) is 3.43. The average molecular weight is 217 g/mol. The van der Waals surface area contributed by atoms with Crippen molar-refractivity contribution in [2.24, 2.45) is 0 Å². The molecule has 1 aromatic rings. The maximum atomic E-state index is 11.6. The molecule has 2 rings (SSSR count). The van der Waals surface area contributed by atoms with Gasteiger partial charge < -0.3 is 9.64 Å². The SMILES string of the molecule is C=CCN1C(=O)COc2ccc(C=O)cc21. The maximum absolute atomic E-state index is 11.6. The van der Waals surface area contributed by atoms with E-state index in [1.807, 2.05) is 0 Å². The number of carbonyl (C=O) groups is 2. The van der Waals surface area contributed by atoms with Crippen LogP contribution in [0.2, 0.25) is 0 Å². The van der Waals surface area contributed by atoms with Crippen molar-refractivity contribution in [2.45, 2.75) is 0 Å². The van der Waals surface area contributed by atoms with Crippen LogP contribution in [0.3, 0.4) is 0 Å². The minimum atomic E-state index is -0.129. The van der Waals surface area contributed by atoms with Crippen LogP contribution in [0.15, 0.2) is 30.9 Å². The summed E-state index contributed by atoms with van der Waals surface area (Å²) in [6.45, 7) is 4.04. The minimum absolute atomic E-state index is 0.0290. The molecule has 1 aliphatic rings. The van der Waals surface area contributed by atoms with Crippen molar-refractivity contribution in [3.05, 3.63) is 36.4 Å². The second kappa shape index (κ2) is 4.18. The molecule has 0 aliphatic carbocycles.